The lowest BCUT2D eigenvalue weighted by atomic mass is 9.82. The first kappa shape index (κ1) is 20.7. The third kappa shape index (κ3) is 6.58. The number of hydrogen-bond donors (Lipinski definition) is 2. The van der Waals surface area contributed by atoms with Crippen LogP contribution in [0.3, 0.4) is 0 Å². The summed E-state index contributed by atoms with van der Waals surface area (Å²) in [4.78, 5) is 36.1. The Morgan fingerprint density at radius 2 is 1.85 bits per heavy atom. The van der Waals surface area contributed by atoms with E-state index in [1.807, 2.05) is 13.8 Å². The van der Waals surface area contributed by atoms with Gasteiger partial charge in [-0.3, -0.25) is 14.4 Å². The van der Waals surface area contributed by atoms with E-state index in [1.54, 1.807) is 24.3 Å². The van der Waals surface area contributed by atoms with Gasteiger partial charge in [-0.25, -0.2) is 0 Å². The van der Waals surface area contributed by atoms with Crippen molar-refractivity contribution >= 4 is 23.5 Å². The van der Waals surface area contributed by atoms with E-state index in [1.165, 1.54) is 0 Å². The summed E-state index contributed by atoms with van der Waals surface area (Å²) in [5.74, 6) is -0.965. The van der Waals surface area contributed by atoms with Gasteiger partial charge in [0.15, 0.2) is 12.7 Å². The van der Waals surface area contributed by atoms with Gasteiger partial charge < -0.3 is 20.1 Å². The standard InChI is InChI=1S/C20H28N2O5/c1-19(2,3)12-20(4,5)22-16(23)11-26-17(24)10-15-18(25)21-13-8-6-7-9-14(13)27-15/h6-9,15H,10-12H2,1-5H3,(H,21,25)(H,22,23)/t15-/m1/s1. The molecule has 2 rings (SSSR count). The summed E-state index contributed by atoms with van der Waals surface area (Å²) in [7, 11) is 0. The molecule has 1 aromatic rings. The molecule has 1 atom stereocenters. The van der Waals surface area contributed by atoms with Crippen LogP contribution >= 0.6 is 0 Å². The van der Waals surface area contributed by atoms with Crippen LogP contribution in [0, 0.1) is 5.41 Å². The topological polar surface area (TPSA) is 93.7 Å². The highest BCUT2D eigenvalue weighted by Crippen LogP contribution is 2.29. The maximum Gasteiger partial charge on any atom is 0.310 e. The van der Waals surface area contributed by atoms with Crippen LogP contribution < -0.4 is 15.4 Å². The van der Waals surface area contributed by atoms with Crippen LogP contribution in [-0.4, -0.2) is 36.0 Å². The van der Waals surface area contributed by atoms with E-state index in [0.29, 0.717) is 11.4 Å². The maximum atomic E-state index is 12.1. The van der Waals surface area contributed by atoms with Gasteiger partial charge in [-0.05, 0) is 37.8 Å². The summed E-state index contributed by atoms with van der Waals surface area (Å²) in [5, 5.41) is 5.55. The minimum absolute atomic E-state index is 0.0510. The molecule has 7 heteroatoms. The van der Waals surface area contributed by atoms with Gasteiger partial charge in [-0.1, -0.05) is 32.9 Å². The number of ether oxygens (including phenoxy) is 2. The molecule has 2 amide bonds. The van der Waals surface area contributed by atoms with Crippen molar-refractivity contribution in [3.8, 4) is 5.75 Å². The van der Waals surface area contributed by atoms with Crippen LogP contribution in [0.1, 0.15) is 47.5 Å². The lowest BCUT2D eigenvalue weighted by molar-refractivity contribution is -0.152. The second-order valence-electron chi connectivity index (χ2n) is 8.63. The molecule has 148 valence electrons. The molecule has 2 N–H and O–H groups in total. The monoisotopic (exact) mass is 376 g/mol. The molecular formula is C20H28N2O5. The minimum atomic E-state index is -0.979. The molecule has 0 unspecified atom stereocenters. The highest BCUT2D eigenvalue weighted by atomic mass is 16.5. The molecule has 1 aromatic carbocycles. The molecule has 0 radical (unpaired) electrons. The van der Waals surface area contributed by atoms with Gasteiger partial charge in [0.1, 0.15) is 5.75 Å². The predicted molar refractivity (Wildman–Crippen MR) is 101 cm³/mol. The molecule has 0 saturated carbocycles. The molecule has 0 aliphatic carbocycles. The first-order valence-corrected chi connectivity index (χ1v) is 8.98. The molecule has 1 aliphatic heterocycles. The van der Waals surface area contributed by atoms with E-state index < -0.39 is 30.1 Å². The number of nitrogens with one attached hydrogen (secondary N) is 2. The summed E-state index contributed by atoms with van der Waals surface area (Å²) < 4.78 is 10.6. The summed E-state index contributed by atoms with van der Waals surface area (Å²) in [6, 6.07) is 6.97. The molecule has 7 nitrogen and oxygen atoms in total. The van der Waals surface area contributed by atoms with Crippen molar-refractivity contribution < 1.29 is 23.9 Å². The Morgan fingerprint density at radius 1 is 1.19 bits per heavy atom. The van der Waals surface area contributed by atoms with Gasteiger partial charge >= 0.3 is 5.97 Å². The van der Waals surface area contributed by atoms with E-state index in [0.717, 1.165) is 6.42 Å². The van der Waals surface area contributed by atoms with Crippen LogP contribution in [-0.2, 0) is 19.1 Å². The largest absolute Gasteiger partial charge is 0.478 e. The number of rotatable bonds is 6. The van der Waals surface area contributed by atoms with Gasteiger partial charge in [-0.15, -0.1) is 0 Å². The second-order valence-corrected chi connectivity index (χ2v) is 8.63. The zero-order chi connectivity index (χ0) is 20.2. The van der Waals surface area contributed by atoms with Crippen LogP contribution in [0.25, 0.3) is 0 Å². The number of amides is 2. The lowest BCUT2D eigenvalue weighted by Crippen LogP contribution is -2.47. The molecule has 0 spiro atoms. The number of carbonyl (C=O) groups excluding carboxylic acids is 3. The normalized spacial score (nSPS) is 16.6. The summed E-state index contributed by atoms with van der Waals surface area (Å²) >= 11 is 0. The smallest absolute Gasteiger partial charge is 0.310 e. The Labute approximate surface area is 159 Å². The summed E-state index contributed by atoms with van der Waals surface area (Å²) in [5.41, 5.74) is 0.195. The zero-order valence-electron chi connectivity index (χ0n) is 16.5. The highest BCUT2D eigenvalue weighted by molar-refractivity contribution is 5.99. The van der Waals surface area contributed by atoms with Crippen molar-refractivity contribution in [2.75, 3.05) is 11.9 Å². The molecule has 0 fully saturated rings. The fraction of sp³-hybridized carbons (Fsp3) is 0.550. The molecule has 1 aliphatic rings. The van der Waals surface area contributed by atoms with Crippen molar-refractivity contribution in [1.82, 2.24) is 5.32 Å². The number of carbonyl (C=O) groups is 3. The van der Waals surface area contributed by atoms with Crippen LogP contribution in [0.2, 0.25) is 0 Å². The summed E-state index contributed by atoms with van der Waals surface area (Å²) in [6.45, 7) is 9.74. The maximum absolute atomic E-state index is 12.1. The van der Waals surface area contributed by atoms with E-state index in [-0.39, 0.29) is 17.7 Å². The molecule has 0 aromatic heterocycles. The number of hydrogen-bond acceptors (Lipinski definition) is 5. The highest BCUT2D eigenvalue weighted by Gasteiger charge is 2.31. The molecule has 27 heavy (non-hydrogen) atoms. The quantitative estimate of drug-likeness (QED) is 0.745. The van der Waals surface area contributed by atoms with Crippen molar-refractivity contribution in [3.63, 3.8) is 0 Å². The zero-order valence-corrected chi connectivity index (χ0v) is 16.5. The average Bonchev–Trinajstić information content (AvgIpc) is 2.51. The fourth-order valence-electron chi connectivity index (χ4n) is 3.37. The Hall–Kier alpha value is -2.57. The van der Waals surface area contributed by atoms with Gasteiger partial charge in [0.25, 0.3) is 11.8 Å². The van der Waals surface area contributed by atoms with Crippen molar-refractivity contribution in [2.24, 2.45) is 5.41 Å². The first-order chi connectivity index (χ1) is 12.5. The van der Waals surface area contributed by atoms with E-state index in [9.17, 15) is 14.4 Å². The van der Waals surface area contributed by atoms with Crippen LogP contribution in [0.4, 0.5) is 5.69 Å². The second kappa shape index (κ2) is 7.98. The SMILES string of the molecule is CC(C)(C)CC(C)(C)NC(=O)COC(=O)C[C@H]1Oc2ccccc2NC1=O. The fourth-order valence-corrected chi connectivity index (χ4v) is 3.37. The van der Waals surface area contributed by atoms with Gasteiger partial charge in [0.05, 0.1) is 12.1 Å². The minimum Gasteiger partial charge on any atom is -0.478 e. The summed E-state index contributed by atoms with van der Waals surface area (Å²) in [6.07, 6.45) is -0.471. The number of para-hydroxylation sites is 2. The van der Waals surface area contributed by atoms with Crippen LogP contribution in [0.15, 0.2) is 24.3 Å². The van der Waals surface area contributed by atoms with Crippen LogP contribution in [0.5, 0.6) is 5.75 Å². The number of benzene rings is 1. The Balaban J connectivity index is 1.81. The molecule has 0 bridgehead atoms. The first-order valence-electron chi connectivity index (χ1n) is 8.98. The number of fused-ring (bicyclic) bond motifs is 1. The predicted octanol–water partition coefficient (Wildman–Crippen LogP) is 2.65. The van der Waals surface area contributed by atoms with E-state index >= 15 is 0 Å². The van der Waals surface area contributed by atoms with Crippen molar-refractivity contribution in [3.05, 3.63) is 24.3 Å². The number of esters is 1. The van der Waals surface area contributed by atoms with Crippen molar-refractivity contribution in [2.45, 2.75) is 59.1 Å². The third-order valence-electron chi connectivity index (χ3n) is 3.87. The molecule has 0 saturated heterocycles. The van der Waals surface area contributed by atoms with E-state index in [4.69, 9.17) is 9.47 Å². The number of anilines is 1. The molecular weight excluding hydrogens is 348 g/mol. The molecule has 1 heterocycles. The Bertz CT molecular complexity index is 721. The Morgan fingerprint density at radius 3 is 2.52 bits per heavy atom. The van der Waals surface area contributed by atoms with Gasteiger partial charge in [-0.2, -0.15) is 0 Å². The van der Waals surface area contributed by atoms with Gasteiger partial charge in [0, 0.05) is 5.54 Å². The van der Waals surface area contributed by atoms with Gasteiger partial charge in [0.2, 0.25) is 0 Å². The Kier molecular flexibility index (Phi) is 6.13. The average molecular weight is 376 g/mol. The third-order valence-corrected chi connectivity index (χ3v) is 3.87. The van der Waals surface area contributed by atoms with E-state index in [2.05, 4.69) is 31.4 Å². The lowest BCUT2D eigenvalue weighted by Gasteiger charge is -2.33. The van der Waals surface area contributed by atoms with Crippen molar-refractivity contribution in [1.29, 1.82) is 0 Å².